The van der Waals surface area contributed by atoms with Crippen molar-refractivity contribution in [2.45, 2.75) is 11.5 Å². The SMILES string of the molecule is NS(=O)(=O)c1ccc(OCc2noc(-c3ccccc3Cl)n2)c([N+](=O)[O-])c1. The molecule has 10 nitrogen and oxygen atoms in total. The van der Waals surface area contributed by atoms with E-state index in [2.05, 4.69) is 10.1 Å². The summed E-state index contributed by atoms with van der Waals surface area (Å²) in [5.74, 6) is 0.115. The summed E-state index contributed by atoms with van der Waals surface area (Å²) in [6, 6.07) is 9.89. The fourth-order valence-corrected chi connectivity index (χ4v) is 2.89. The van der Waals surface area contributed by atoms with Crippen LogP contribution in [0.5, 0.6) is 5.75 Å². The lowest BCUT2D eigenvalue weighted by Gasteiger charge is -2.05. The molecule has 0 bridgehead atoms. The number of ether oxygens (including phenoxy) is 1. The van der Waals surface area contributed by atoms with E-state index in [4.69, 9.17) is 26.0 Å². The van der Waals surface area contributed by atoms with E-state index >= 15 is 0 Å². The van der Waals surface area contributed by atoms with Crippen LogP contribution in [0.1, 0.15) is 5.82 Å². The van der Waals surface area contributed by atoms with E-state index in [0.717, 1.165) is 18.2 Å². The van der Waals surface area contributed by atoms with Gasteiger partial charge in [-0.25, -0.2) is 13.6 Å². The first-order valence-corrected chi connectivity index (χ1v) is 9.19. The second kappa shape index (κ2) is 7.31. The number of primary sulfonamides is 1. The van der Waals surface area contributed by atoms with E-state index in [0.29, 0.717) is 10.6 Å². The maximum absolute atomic E-state index is 11.3. The van der Waals surface area contributed by atoms with Gasteiger partial charge in [-0.3, -0.25) is 10.1 Å². The number of hydrogen-bond acceptors (Lipinski definition) is 8. The van der Waals surface area contributed by atoms with E-state index in [1.165, 1.54) is 0 Å². The van der Waals surface area contributed by atoms with Gasteiger partial charge in [0.05, 0.1) is 20.4 Å². The first kappa shape index (κ1) is 18.8. The Hall–Kier alpha value is -3.02. The summed E-state index contributed by atoms with van der Waals surface area (Å²) in [5.41, 5.74) is -0.0299. The molecule has 0 saturated carbocycles. The zero-order chi connectivity index (χ0) is 19.6. The number of sulfonamides is 1. The molecular weight excluding hydrogens is 400 g/mol. The molecule has 0 atom stereocenters. The Bertz CT molecular complexity index is 1110. The summed E-state index contributed by atoms with van der Waals surface area (Å²) < 4.78 is 33.1. The normalized spacial score (nSPS) is 11.3. The smallest absolute Gasteiger partial charge is 0.312 e. The topological polar surface area (TPSA) is 151 Å². The zero-order valence-corrected chi connectivity index (χ0v) is 15.0. The fourth-order valence-electron chi connectivity index (χ4n) is 2.14. The highest BCUT2D eigenvalue weighted by Crippen LogP contribution is 2.30. The molecule has 0 radical (unpaired) electrons. The largest absolute Gasteiger partial charge is 0.478 e. The zero-order valence-electron chi connectivity index (χ0n) is 13.4. The molecule has 0 amide bonds. The highest BCUT2D eigenvalue weighted by atomic mass is 35.5. The molecule has 1 aromatic heterocycles. The molecule has 0 spiro atoms. The van der Waals surface area contributed by atoms with Crippen LogP contribution in [0, 0.1) is 10.1 Å². The number of rotatable bonds is 6. The van der Waals surface area contributed by atoms with Gasteiger partial charge < -0.3 is 9.26 Å². The van der Waals surface area contributed by atoms with Gasteiger partial charge in [-0.1, -0.05) is 28.9 Å². The van der Waals surface area contributed by atoms with Crippen molar-refractivity contribution in [3.63, 3.8) is 0 Å². The quantitative estimate of drug-likeness (QED) is 0.480. The van der Waals surface area contributed by atoms with Crippen molar-refractivity contribution in [1.29, 1.82) is 0 Å². The van der Waals surface area contributed by atoms with Crippen LogP contribution >= 0.6 is 11.6 Å². The second-order valence-corrected chi connectivity index (χ2v) is 7.18. The average Bonchev–Trinajstić information content (AvgIpc) is 3.08. The Morgan fingerprint density at radius 1 is 1.26 bits per heavy atom. The van der Waals surface area contributed by atoms with Crippen molar-refractivity contribution >= 4 is 27.3 Å². The van der Waals surface area contributed by atoms with Crippen molar-refractivity contribution in [2.24, 2.45) is 5.14 Å². The minimum Gasteiger partial charge on any atom is -0.478 e. The molecule has 2 aromatic carbocycles. The molecule has 0 aliphatic carbocycles. The van der Waals surface area contributed by atoms with Crippen LogP contribution in [0.4, 0.5) is 5.69 Å². The minimum absolute atomic E-state index is 0.120. The Morgan fingerprint density at radius 2 is 2.00 bits per heavy atom. The van der Waals surface area contributed by atoms with Crippen LogP contribution < -0.4 is 9.88 Å². The molecule has 1 heterocycles. The molecule has 0 aliphatic heterocycles. The molecule has 0 fully saturated rings. The first-order chi connectivity index (χ1) is 12.8. The van der Waals surface area contributed by atoms with Crippen molar-refractivity contribution in [3.05, 3.63) is 63.4 Å². The standard InChI is InChI=1S/C15H11ClN4O6S/c16-11-4-2-1-3-10(11)15-18-14(19-26-15)8-25-13-6-5-9(27(17,23)24)7-12(13)20(21)22/h1-7H,8H2,(H2,17,23,24). The third-order valence-electron chi connectivity index (χ3n) is 3.38. The van der Waals surface area contributed by atoms with Gasteiger partial charge in [-0.15, -0.1) is 0 Å². The Labute approximate surface area is 157 Å². The molecule has 2 N–H and O–H groups in total. The molecule has 27 heavy (non-hydrogen) atoms. The maximum atomic E-state index is 11.3. The van der Waals surface area contributed by atoms with E-state index in [1.54, 1.807) is 24.3 Å². The van der Waals surface area contributed by atoms with Crippen LogP contribution in [0.25, 0.3) is 11.5 Å². The third-order valence-corrected chi connectivity index (χ3v) is 4.63. The van der Waals surface area contributed by atoms with Crippen molar-refractivity contribution in [2.75, 3.05) is 0 Å². The third kappa shape index (κ3) is 4.22. The van der Waals surface area contributed by atoms with Crippen molar-refractivity contribution in [3.8, 4) is 17.2 Å². The van der Waals surface area contributed by atoms with Crippen LogP contribution in [-0.4, -0.2) is 23.5 Å². The molecule has 140 valence electrons. The van der Waals surface area contributed by atoms with Gasteiger partial charge in [0.25, 0.3) is 5.89 Å². The van der Waals surface area contributed by atoms with Crippen molar-refractivity contribution < 1.29 is 22.6 Å². The second-order valence-electron chi connectivity index (χ2n) is 5.22. The minimum atomic E-state index is -4.09. The molecule has 0 unspecified atom stereocenters. The highest BCUT2D eigenvalue weighted by Gasteiger charge is 2.21. The lowest BCUT2D eigenvalue weighted by molar-refractivity contribution is -0.386. The first-order valence-electron chi connectivity index (χ1n) is 7.27. The lowest BCUT2D eigenvalue weighted by atomic mass is 10.2. The molecule has 12 heteroatoms. The Kier molecular flexibility index (Phi) is 5.08. The van der Waals surface area contributed by atoms with Gasteiger partial charge in [0.15, 0.2) is 12.4 Å². The van der Waals surface area contributed by atoms with Crippen LogP contribution in [0.15, 0.2) is 51.9 Å². The molecule has 0 aliphatic rings. The van der Waals surface area contributed by atoms with E-state index < -0.39 is 25.5 Å². The number of hydrogen-bond donors (Lipinski definition) is 1. The van der Waals surface area contributed by atoms with Gasteiger partial charge in [0.1, 0.15) is 0 Å². The van der Waals surface area contributed by atoms with E-state index in [-0.39, 0.29) is 24.1 Å². The number of nitrogens with two attached hydrogens (primary N) is 1. The number of nitrogens with zero attached hydrogens (tertiary/aromatic N) is 3. The lowest BCUT2D eigenvalue weighted by Crippen LogP contribution is -2.12. The monoisotopic (exact) mass is 410 g/mol. The Balaban J connectivity index is 1.81. The van der Waals surface area contributed by atoms with Gasteiger partial charge in [0.2, 0.25) is 15.8 Å². The van der Waals surface area contributed by atoms with Crippen molar-refractivity contribution in [1.82, 2.24) is 10.1 Å². The molecular formula is C15H11ClN4O6S. The number of nitro benzene ring substituents is 1. The summed E-state index contributed by atoms with van der Waals surface area (Å²) >= 11 is 6.05. The van der Waals surface area contributed by atoms with Crippen LogP contribution in [0.3, 0.4) is 0 Å². The summed E-state index contributed by atoms with van der Waals surface area (Å²) in [4.78, 5) is 14.1. The summed E-state index contributed by atoms with van der Waals surface area (Å²) in [6.45, 7) is -0.247. The van der Waals surface area contributed by atoms with E-state index in [1.807, 2.05) is 0 Å². The van der Waals surface area contributed by atoms with Gasteiger partial charge >= 0.3 is 5.69 Å². The molecule has 3 aromatic rings. The number of benzene rings is 2. The summed E-state index contributed by atoms with van der Waals surface area (Å²) in [6.07, 6.45) is 0. The van der Waals surface area contributed by atoms with Gasteiger partial charge in [-0.05, 0) is 24.3 Å². The molecule has 0 saturated heterocycles. The summed E-state index contributed by atoms with van der Waals surface area (Å²) in [7, 11) is -4.09. The average molecular weight is 411 g/mol. The van der Waals surface area contributed by atoms with Crippen LogP contribution in [-0.2, 0) is 16.6 Å². The van der Waals surface area contributed by atoms with Gasteiger partial charge in [-0.2, -0.15) is 4.98 Å². The Morgan fingerprint density at radius 3 is 2.67 bits per heavy atom. The maximum Gasteiger partial charge on any atom is 0.312 e. The van der Waals surface area contributed by atoms with E-state index in [9.17, 15) is 18.5 Å². The molecule has 3 rings (SSSR count). The predicted octanol–water partition coefficient (Wildman–Crippen LogP) is 2.52. The summed E-state index contributed by atoms with van der Waals surface area (Å²) in [5, 5.41) is 20.3. The van der Waals surface area contributed by atoms with Crippen LogP contribution in [0.2, 0.25) is 5.02 Å². The number of halogens is 1. The number of aromatic nitrogens is 2. The number of nitro groups is 1. The fraction of sp³-hybridized carbons (Fsp3) is 0.0667. The highest BCUT2D eigenvalue weighted by molar-refractivity contribution is 7.89. The predicted molar refractivity (Wildman–Crippen MR) is 93.5 cm³/mol. The van der Waals surface area contributed by atoms with Gasteiger partial charge in [0, 0.05) is 6.07 Å².